The molecule has 3 nitrogen and oxygen atoms in total. The summed E-state index contributed by atoms with van der Waals surface area (Å²) in [5, 5.41) is 0. The molecule has 1 aromatic rings. The minimum Gasteiger partial charge on any atom is -0.325 e. The van der Waals surface area contributed by atoms with Gasteiger partial charge in [0, 0.05) is 24.5 Å². The summed E-state index contributed by atoms with van der Waals surface area (Å²) < 4.78 is 4.21. The highest BCUT2D eigenvalue weighted by atomic mass is 79.9. The predicted molar refractivity (Wildman–Crippen MR) is 34.9 cm³/mol. The number of hydrogen-bond acceptors (Lipinski definition) is 3. The summed E-state index contributed by atoms with van der Waals surface area (Å²) in [7, 11) is 0. The van der Waals surface area contributed by atoms with E-state index in [0.29, 0.717) is 5.75 Å². The van der Waals surface area contributed by atoms with E-state index in [-0.39, 0.29) is 0 Å². The van der Waals surface area contributed by atoms with Gasteiger partial charge in [-0.2, -0.15) is 0 Å². The highest BCUT2D eigenvalue weighted by Gasteiger charge is 1.87. The third-order valence-corrected chi connectivity index (χ3v) is 0.910. The first-order valence-electron chi connectivity index (χ1n) is 2.29. The maximum absolute atomic E-state index is 4.58. The molecule has 0 aliphatic rings. The van der Waals surface area contributed by atoms with Gasteiger partial charge in [-0.3, -0.25) is 4.98 Å². The Hall–Kier alpha value is -0.610. The van der Waals surface area contributed by atoms with Crippen molar-refractivity contribution in [3.63, 3.8) is 0 Å². The van der Waals surface area contributed by atoms with Gasteiger partial charge < -0.3 is 4.89 Å². The van der Waals surface area contributed by atoms with Gasteiger partial charge in [0.15, 0.2) is 22.0 Å². The van der Waals surface area contributed by atoms with E-state index < -0.39 is 0 Å². The molecule has 0 saturated carbocycles. The SMILES string of the molecule is BrOOc1ccncc1. The van der Waals surface area contributed by atoms with Crippen LogP contribution >= 0.6 is 16.3 Å². The Bertz CT molecular complexity index is 168. The summed E-state index contributed by atoms with van der Waals surface area (Å²) in [6.07, 6.45) is 3.22. The maximum Gasteiger partial charge on any atom is 0.169 e. The van der Waals surface area contributed by atoms with Crippen molar-refractivity contribution in [1.29, 1.82) is 0 Å². The van der Waals surface area contributed by atoms with Gasteiger partial charge in [-0.05, 0) is 0 Å². The summed E-state index contributed by atoms with van der Waals surface area (Å²) in [5.41, 5.74) is 0. The second kappa shape index (κ2) is 3.42. The van der Waals surface area contributed by atoms with E-state index in [2.05, 4.69) is 30.1 Å². The topological polar surface area (TPSA) is 31.4 Å². The molecular weight excluding hydrogens is 186 g/mol. The van der Waals surface area contributed by atoms with Gasteiger partial charge in [-0.15, -0.1) is 3.98 Å². The van der Waals surface area contributed by atoms with Crippen LogP contribution in [0.2, 0.25) is 0 Å². The molecule has 0 unspecified atom stereocenters. The average Bonchev–Trinajstić information content (AvgIpc) is 1.91. The molecule has 0 spiro atoms. The van der Waals surface area contributed by atoms with Crippen LogP contribution < -0.4 is 4.89 Å². The third kappa shape index (κ3) is 1.99. The molecule has 1 heterocycles. The lowest BCUT2D eigenvalue weighted by Crippen LogP contribution is -1.84. The normalized spacial score (nSPS) is 9.00. The van der Waals surface area contributed by atoms with E-state index >= 15 is 0 Å². The summed E-state index contributed by atoms with van der Waals surface area (Å²) in [5.74, 6) is 0.613. The molecule has 1 rings (SSSR count). The fourth-order valence-electron chi connectivity index (χ4n) is 0.430. The highest BCUT2D eigenvalue weighted by Crippen LogP contribution is 2.07. The van der Waals surface area contributed by atoms with Crippen LogP contribution in [0.4, 0.5) is 0 Å². The summed E-state index contributed by atoms with van der Waals surface area (Å²) in [6, 6.07) is 3.36. The molecule has 0 aromatic carbocycles. The minimum absolute atomic E-state index is 0.613. The third-order valence-electron chi connectivity index (χ3n) is 0.777. The van der Waals surface area contributed by atoms with Crippen LogP contribution in [0.25, 0.3) is 0 Å². The molecule has 0 saturated heterocycles. The van der Waals surface area contributed by atoms with E-state index in [4.69, 9.17) is 0 Å². The molecule has 0 bridgehead atoms. The Morgan fingerprint density at radius 2 is 2.00 bits per heavy atom. The lowest BCUT2D eigenvalue weighted by Gasteiger charge is -1.94. The Balaban J connectivity index is 2.61. The molecule has 0 N–H and O–H groups in total. The van der Waals surface area contributed by atoms with E-state index in [1.54, 1.807) is 24.5 Å². The Kier molecular flexibility index (Phi) is 2.48. The highest BCUT2D eigenvalue weighted by molar-refractivity contribution is 9.05. The minimum atomic E-state index is 0.613. The number of hydrogen-bond donors (Lipinski definition) is 0. The van der Waals surface area contributed by atoms with Crippen molar-refractivity contribution >= 4 is 16.3 Å². The van der Waals surface area contributed by atoms with Crippen molar-refractivity contribution in [1.82, 2.24) is 4.98 Å². The smallest absolute Gasteiger partial charge is 0.169 e. The van der Waals surface area contributed by atoms with Gasteiger partial charge in [0.1, 0.15) is 0 Å². The lowest BCUT2D eigenvalue weighted by atomic mass is 10.5. The van der Waals surface area contributed by atoms with E-state index in [9.17, 15) is 0 Å². The number of rotatable bonds is 2. The molecule has 0 atom stereocenters. The van der Waals surface area contributed by atoms with Crippen molar-refractivity contribution < 1.29 is 8.87 Å². The second-order valence-corrected chi connectivity index (χ2v) is 1.59. The predicted octanol–water partition coefficient (Wildman–Crippen LogP) is 1.70. The molecule has 1 aromatic heterocycles. The largest absolute Gasteiger partial charge is 0.325 e. The van der Waals surface area contributed by atoms with Crippen LogP contribution in [0.3, 0.4) is 0 Å². The molecule has 0 amide bonds. The quantitative estimate of drug-likeness (QED) is 0.525. The molecule has 9 heavy (non-hydrogen) atoms. The van der Waals surface area contributed by atoms with Gasteiger partial charge in [0.05, 0.1) is 0 Å². The number of pyridine rings is 1. The first-order valence-corrected chi connectivity index (χ1v) is 2.93. The number of halogens is 1. The fraction of sp³-hybridized carbons (Fsp3) is 0. The lowest BCUT2D eigenvalue weighted by molar-refractivity contribution is -0.0654. The zero-order valence-electron chi connectivity index (χ0n) is 4.45. The second-order valence-electron chi connectivity index (χ2n) is 1.33. The monoisotopic (exact) mass is 189 g/mol. The van der Waals surface area contributed by atoms with Gasteiger partial charge in [-0.1, -0.05) is 0 Å². The van der Waals surface area contributed by atoms with Crippen molar-refractivity contribution in [2.75, 3.05) is 0 Å². The van der Waals surface area contributed by atoms with Crippen LogP contribution in [0, 0.1) is 0 Å². The average molecular weight is 190 g/mol. The molecule has 0 aliphatic carbocycles. The molecule has 0 fully saturated rings. The van der Waals surface area contributed by atoms with Crippen LogP contribution in [-0.4, -0.2) is 4.98 Å². The van der Waals surface area contributed by atoms with Crippen molar-refractivity contribution in [2.45, 2.75) is 0 Å². The van der Waals surface area contributed by atoms with Gasteiger partial charge in [0.2, 0.25) is 0 Å². The van der Waals surface area contributed by atoms with Crippen LogP contribution in [0.5, 0.6) is 5.75 Å². The number of nitrogens with zero attached hydrogens (tertiary/aromatic N) is 1. The summed E-state index contributed by atoms with van der Waals surface area (Å²) in [6.45, 7) is 0. The standard InChI is InChI=1S/C5H4BrNO2/c6-9-8-5-1-3-7-4-2-5/h1-4H. The molecule has 4 heteroatoms. The first-order chi connectivity index (χ1) is 4.43. The van der Waals surface area contributed by atoms with Crippen molar-refractivity contribution in [3.05, 3.63) is 24.5 Å². The summed E-state index contributed by atoms with van der Waals surface area (Å²) in [4.78, 5) is 8.36. The molecule has 48 valence electrons. The summed E-state index contributed by atoms with van der Waals surface area (Å²) >= 11 is 2.64. The van der Waals surface area contributed by atoms with Crippen molar-refractivity contribution in [3.8, 4) is 5.75 Å². The number of aromatic nitrogens is 1. The van der Waals surface area contributed by atoms with E-state index in [0.717, 1.165) is 0 Å². The Labute approximate surface area is 61.0 Å². The maximum atomic E-state index is 4.58. The fourth-order valence-corrected chi connectivity index (χ4v) is 0.583. The molecule has 0 aliphatic heterocycles. The van der Waals surface area contributed by atoms with Gasteiger partial charge in [0.25, 0.3) is 0 Å². The van der Waals surface area contributed by atoms with Crippen molar-refractivity contribution in [2.24, 2.45) is 0 Å². The van der Waals surface area contributed by atoms with Crippen LogP contribution in [0.15, 0.2) is 24.5 Å². The Morgan fingerprint density at radius 3 is 2.56 bits per heavy atom. The van der Waals surface area contributed by atoms with E-state index in [1.165, 1.54) is 0 Å². The van der Waals surface area contributed by atoms with Crippen LogP contribution in [0.1, 0.15) is 0 Å². The zero-order valence-corrected chi connectivity index (χ0v) is 6.04. The Morgan fingerprint density at radius 1 is 1.33 bits per heavy atom. The zero-order chi connectivity index (χ0) is 6.53. The first kappa shape index (κ1) is 6.51. The van der Waals surface area contributed by atoms with Gasteiger partial charge >= 0.3 is 0 Å². The molecular formula is C5H4BrNO2. The van der Waals surface area contributed by atoms with E-state index in [1.807, 2.05) is 0 Å². The van der Waals surface area contributed by atoms with Crippen LogP contribution in [-0.2, 0) is 3.98 Å². The van der Waals surface area contributed by atoms with Gasteiger partial charge in [-0.25, -0.2) is 0 Å². The molecule has 0 radical (unpaired) electrons.